The number of H-pyrrole nitrogens is 2. The number of ether oxygens (including phenoxy) is 1. The van der Waals surface area contributed by atoms with E-state index in [0.29, 0.717) is 6.61 Å². The van der Waals surface area contributed by atoms with Crippen LogP contribution in [-0.2, 0) is 6.61 Å². The Morgan fingerprint density at radius 1 is 0.789 bits per heavy atom. The van der Waals surface area contributed by atoms with Crippen LogP contribution >= 0.6 is 0 Å². The van der Waals surface area contributed by atoms with Crippen LogP contribution in [0.5, 0.6) is 5.75 Å². The lowest BCUT2D eigenvalue weighted by molar-refractivity contribution is 0.306. The van der Waals surface area contributed by atoms with Gasteiger partial charge < -0.3 is 14.6 Å². The summed E-state index contributed by atoms with van der Waals surface area (Å²) >= 11 is 0. The Kier molecular flexibility index (Phi) is 5.77. The molecule has 7 rings (SSSR count). The van der Waals surface area contributed by atoms with E-state index < -0.39 is 0 Å². The molecule has 6 heteroatoms. The Bertz CT molecular complexity index is 1710. The second-order valence-corrected chi connectivity index (χ2v) is 9.96. The Labute approximate surface area is 221 Å². The molecule has 1 aliphatic heterocycles. The number of anilines is 1. The second-order valence-electron chi connectivity index (χ2n) is 9.96. The lowest BCUT2D eigenvalue weighted by Gasteiger charge is -2.29. The number of pyridine rings is 1. The quantitative estimate of drug-likeness (QED) is 0.251. The van der Waals surface area contributed by atoms with Crippen molar-refractivity contribution in [3.05, 3.63) is 96.7 Å². The third-order valence-corrected chi connectivity index (χ3v) is 7.42. The van der Waals surface area contributed by atoms with Crippen LogP contribution in [0.4, 0.5) is 5.69 Å². The standard InChI is InChI=1S/C32H29N5O/c1-3-9-22(10-4-1)21-38-24-12-7-11-23(17-24)28-19-26-30(20-33-28)35-36-32(26)29-18-25-27(34-29)13-8-14-31(25)37-15-5-2-6-16-37/h1,3-4,7-14,17-20,34H,2,5-6,15-16,21H2,(H,35,36). The van der Waals surface area contributed by atoms with Gasteiger partial charge in [-0.05, 0) is 61.2 Å². The van der Waals surface area contributed by atoms with Crippen LogP contribution in [0.2, 0.25) is 0 Å². The van der Waals surface area contributed by atoms with Crippen molar-refractivity contribution in [2.24, 2.45) is 0 Å². The number of hydrogen-bond donors (Lipinski definition) is 2. The minimum atomic E-state index is 0.530. The predicted octanol–water partition coefficient (Wildman–Crippen LogP) is 7.34. The van der Waals surface area contributed by atoms with Gasteiger partial charge in [0, 0.05) is 40.6 Å². The van der Waals surface area contributed by atoms with E-state index >= 15 is 0 Å². The molecule has 0 atom stereocenters. The molecule has 38 heavy (non-hydrogen) atoms. The average Bonchev–Trinajstić information content (AvgIpc) is 3.61. The molecule has 0 radical (unpaired) electrons. The summed E-state index contributed by atoms with van der Waals surface area (Å²) in [7, 11) is 0. The molecule has 1 saturated heterocycles. The van der Waals surface area contributed by atoms with Gasteiger partial charge in [-0.1, -0.05) is 48.5 Å². The van der Waals surface area contributed by atoms with Crippen LogP contribution in [0.15, 0.2) is 91.1 Å². The van der Waals surface area contributed by atoms with Crippen LogP contribution < -0.4 is 9.64 Å². The van der Waals surface area contributed by atoms with Gasteiger partial charge in [0.1, 0.15) is 18.1 Å². The Hall–Kier alpha value is -4.58. The van der Waals surface area contributed by atoms with Gasteiger partial charge in [-0.3, -0.25) is 10.1 Å². The van der Waals surface area contributed by atoms with Crippen molar-refractivity contribution in [3.63, 3.8) is 0 Å². The van der Waals surface area contributed by atoms with E-state index in [2.05, 4.69) is 68.6 Å². The van der Waals surface area contributed by atoms with Crippen LogP contribution in [-0.4, -0.2) is 33.3 Å². The molecule has 0 unspecified atom stereocenters. The van der Waals surface area contributed by atoms with E-state index in [9.17, 15) is 0 Å². The zero-order valence-electron chi connectivity index (χ0n) is 21.2. The van der Waals surface area contributed by atoms with E-state index in [1.54, 1.807) is 0 Å². The third-order valence-electron chi connectivity index (χ3n) is 7.42. The zero-order chi connectivity index (χ0) is 25.3. The molecule has 0 saturated carbocycles. The normalized spacial score (nSPS) is 13.8. The van der Waals surface area contributed by atoms with Gasteiger partial charge in [-0.15, -0.1) is 0 Å². The van der Waals surface area contributed by atoms with Gasteiger partial charge in [0.15, 0.2) is 0 Å². The monoisotopic (exact) mass is 499 g/mol. The lowest BCUT2D eigenvalue weighted by atomic mass is 10.1. The molecule has 1 fully saturated rings. The minimum Gasteiger partial charge on any atom is -0.489 e. The maximum absolute atomic E-state index is 6.06. The van der Waals surface area contributed by atoms with Crippen molar-refractivity contribution < 1.29 is 4.74 Å². The number of benzene rings is 3. The topological polar surface area (TPSA) is 69.8 Å². The highest BCUT2D eigenvalue weighted by molar-refractivity contribution is 6.00. The first kappa shape index (κ1) is 22.6. The minimum absolute atomic E-state index is 0.530. The fraction of sp³-hybridized carbons (Fsp3) is 0.188. The summed E-state index contributed by atoms with van der Waals surface area (Å²) in [5.41, 5.74) is 8.30. The first-order valence-electron chi connectivity index (χ1n) is 13.3. The van der Waals surface area contributed by atoms with Crippen LogP contribution in [0.3, 0.4) is 0 Å². The molecule has 0 spiro atoms. The molecular weight excluding hydrogens is 470 g/mol. The highest BCUT2D eigenvalue weighted by Crippen LogP contribution is 2.35. The highest BCUT2D eigenvalue weighted by Gasteiger charge is 2.17. The molecule has 188 valence electrons. The largest absolute Gasteiger partial charge is 0.489 e. The maximum Gasteiger partial charge on any atom is 0.120 e. The summed E-state index contributed by atoms with van der Waals surface area (Å²) in [5, 5.41) is 10.1. The number of fused-ring (bicyclic) bond motifs is 2. The van der Waals surface area contributed by atoms with E-state index in [4.69, 9.17) is 9.72 Å². The fourth-order valence-corrected chi connectivity index (χ4v) is 5.44. The van der Waals surface area contributed by atoms with Crippen molar-refractivity contribution in [1.29, 1.82) is 0 Å². The van der Waals surface area contributed by atoms with Crippen LogP contribution in [0.25, 0.3) is 44.5 Å². The number of nitrogens with zero attached hydrogens (tertiary/aromatic N) is 3. The van der Waals surface area contributed by atoms with Crippen molar-refractivity contribution in [3.8, 4) is 28.4 Å². The average molecular weight is 500 g/mol. The molecule has 0 bridgehead atoms. The predicted molar refractivity (Wildman–Crippen MR) is 153 cm³/mol. The summed E-state index contributed by atoms with van der Waals surface area (Å²) in [5.74, 6) is 0.821. The summed E-state index contributed by atoms with van der Waals surface area (Å²) in [6.45, 7) is 2.77. The second kappa shape index (κ2) is 9.71. The summed E-state index contributed by atoms with van der Waals surface area (Å²) < 4.78 is 6.06. The van der Waals surface area contributed by atoms with E-state index in [-0.39, 0.29) is 0 Å². The van der Waals surface area contributed by atoms with Gasteiger partial charge in [-0.25, -0.2) is 0 Å². The lowest BCUT2D eigenvalue weighted by Crippen LogP contribution is -2.29. The molecule has 6 nitrogen and oxygen atoms in total. The van der Waals surface area contributed by atoms with Gasteiger partial charge in [0.05, 0.1) is 23.1 Å². The molecule has 2 N–H and O–H groups in total. The SMILES string of the molecule is c1ccc(COc2cccc(-c3cc4c(-c5cc6c(N7CCCCC7)cccc6[nH]5)n[nH]c4cn3)c2)cc1. The molecule has 0 aliphatic carbocycles. The fourth-order valence-electron chi connectivity index (χ4n) is 5.44. The van der Waals surface area contributed by atoms with Crippen molar-refractivity contribution >= 4 is 27.5 Å². The molecule has 1 aliphatic rings. The van der Waals surface area contributed by atoms with E-state index in [1.807, 2.05) is 42.6 Å². The number of piperidine rings is 1. The number of nitrogens with one attached hydrogen (secondary N) is 2. The Balaban J connectivity index is 1.22. The zero-order valence-corrected chi connectivity index (χ0v) is 21.2. The van der Waals surface area contributed by atoms with Crippen molar-refractivity contribution in [2.75, 3.05) is 18.0 Å². The molecular formula is C32H29N5O. The number of rotatable bonds is 6. The highest BCUT2D eigenvalue weighted by atomic mass is 16.5. The summed E-state index contributed by atoms with van der Waals surface area (Å²) in [4.78, 5) is 10.9. The molecule has 3 aromatic heterocycles. The van der Waals surface area contributed by atoms with E-state index in [0.717, 1.165) is 63.5 Å². The Morgan fingerprint density at radius 2 is 1.66 bits per heavy atom. The van der Waals surface area contributed by atoms with Crippen LogP contribution in [0, 0.1) is 0 Å². The molecule has 0 amide bonds. The number of aromatic amines is 2. The first-order valence-corrected chi connectivity index (χ1v) is 13.3. The van der Waals surface area contributed by atoms with Crippen LogP contribution in [0.1, 0.15) is 24.8 Å². The smallest absolute Gasteiger partial charge is 0.120 e. The third kappa shape index (κ3) is 4.28. The van der Waals surface area contributed by atoms with Crippen molar-refractivity contribution in [2.45, 2.75) is 25.9 Å². The Morgan fingerprint density at radius 3 is 2.55 bits per heavy atom. The summed E-state index contributed by atoms with van der Waals surface area (Å²) in [6, 6.07) is 29.2. The molecule has 6 aromatic rings. The molecule has 4 heterocycles. The maximum atomic E-state index is 6.06. The first-order chi connectivity index (χ1) is 18.8. The number of aromatic nitrogens is 4. The van der Waals surface area contributed by atoms with Gasteiger partial charge in [-0.2, -0.15) is 5.10 Å². The van der Waals surface area contributed by atoms with Crippen molar-refractivity contribution in [1.82, 2.24) is 20.2 Å². The van der Waals surface area contributed by atoms with Gasteiger partial charge in [0.2, 0.25) is 0 Å². The summed E-state index contributed by atoms with van der Waals surface area (Å²) in [6.07, 6.45) is 5.70. The van der Waals surface area contributed by atoms with Gasteiger partial charge in [0.25, 0.3) is 0 Å². The van der Waals surface area contributed by atoms with Gasteiger partial charge >= 0.3 is 0 Å². The molecule has 3 aromatic carbocycles. The van der Waals surface area contributed by atoms with E-state index in [1.165, 1.54) is 30.3 Å². The number of hydrogen-bond acceptors (Lipinski definition) is 4.